The van der Waals surface area contributed by atoms with E-state index in [0.717, 1.165) is 49.9 Å². The number of rotatable bonds is 8. The Morgan fingerprint density at radius 2 is 1.97 bits per heavy atom. The van der Waals surface area contributed by atoms with E-state index in [0.29, 0.717) is 24.3 Å². The molecule has 1 saturated heterocycles. The fraction of sp³-hybridized carbons (Fsp3) is 0.409. The summed E-state index contributed by atoms with van der Waals surface area (Å²) in [5, 5.41) is 9.34. The lowest BCUT2D eigenvalue weighted by molar-refractivity contribution is -0.133. The van der Waals surface area contributed by atoms with Gasteiger partial charge in [-0.05, 0) is 54.9 Å². The van der Waals surface area contributed by atoms with Gasteiger partial charge in [0, 0.05) is 56.1 Å². The van der Waals surface area contributed by atoms with Gasteiger partial charge in [0.2, 0.25) is 5.91 Å². The van der Waals surface area contributed by atoms with Crippen molar-refractivity contribution in [3.05, 3.63) is 51.4 Å². The SMILES string of the molecule is CCOc1ccc(-c2n[nH]c(=S)n2CCC(=O)N2CCN(Cc3cccs3)CC2)cc1. The van der Waals surface area contributed by atoms with E-state index in [1.54, 1.807) is 11.3 Å². The molecular formula is C22H27N5O2S2. The second-order valence-corrected chi connectivity index (χ2v) is 8.87. The van der Waals surface area contributed by atoms with Crippen LogP contribution in [0.1, 0.15) is 18.2 Å². The topological polar surface area (TPSA) is 66.4 Å². The fourth-order valence-corrected chi connectivity index (χ4v) is 4.73. The lowest BCUT2D eigenvalue weighted by atomic mass is 10.2. The van der Waals surface area contributed by atoms with Gasteiger partial charge < -0.3 is 9.64 Å². The van der Waals surface area contributed by atoms with Crippen molar-refractivity contribution < 1.29 is 9.53 Å². The molecule has 164 valence electrons. The second-order valence-electron chi connectivity index (χ2n) is 7.45. The first-order chi connectivity index (χ1) is 15.1. The number of amides is 1. The number of carbonyl (C=O) groups is 1. The van der Waals surface area contributed by atoms with Crippen molar-refractivity contribution in [3.63, 3.8) is 0 Å². The minimum atomic E-state index is 0.163. The number of piperazine rings is 1. The van der Waals surface area contributed by atoms with Gasteiger partial charge in [0.25, 0.3) is 0 Å². The number of hydrogen-bond donors (Lipinski definition) is 1. The maximum Gasteiger partial charge on any atom is 0.224 e. The van der Waals surface area contributed by atoms with Crippen molar-refractivity contribution in [3.8, 4) is 17.1 Å². The number of carbonyl (C=O) groups excluding carboxylic acids is 1. The van der Waals surface area contributed by atoms with E-state index in [-0.39, 0.29) is 5.91 Å². The molecule has 7 nitrogen and oxygen atoms in total. The first-order valence-corrected chi connectivity index (χ1v) is 11.8. The maximum absolute atomic E-state index is 12.8. The Morgan fingerprint density at radius 3 is 2.65 bits per heavy atom. The predicted octanol–water partition coefficient (Wildman–Crippen LogP) is 3.80. The summed E-state index contributed by atoms with van der Waals surface area (Å²) >= 11 is 7.19. The molecule has 9 heteroatoms. The van der Waals surface area contributed by atoms with Crippen LogP contribution in [0.2, 0.25) is 0 Å². The van der Waals surface area contributed by atoms with Gasteiger partial charge in [-0.15, -0.1) is 11.3 Å². The molecule has 0 unspecified atom stereocenters. The number of aromatic amines is 1. The van der Waals surface area contributed by atoms with Crippen LogP contribution in [-0.4, -0.2) is 63.3 Å². The van der Waals surface area contributed by atoms with Crippen LogP contribution in [0.15, 0.2) is 41.8 Å². The van der Waals surface area contributed by atoms with Crippen molar-refractivity contribution in [1.29, 1.82) is 0 Å². The van der Waals surface area contributed by atoms with Crippen LogP contribution in [0.25, 0.3) is 11.4 Å². The molecule has 31 heavy (non-hydrogen) atoms. The second kappa shape index (κ2) is 10.2. The van der Waals surface area contributed by atoms with Gasteiger partial charge in [-0.25, -0.2) is 0 Å². The molecule has 1 aromatic carbocycles. The lowest BCUT2D eigenvalue weighted by Gasteiger charge is -2.34. The highest BCUT2D eigenvalue weighted by Crippen LogP contribution is 2.22. The standard InChI is InChI=1S/C22H27N5O2S2/c1-2-29-18-7-5-17(6-8-18)21-23-24-22(30)27(21)10-9-20(28)26-13-11-25(12-14-26)16-19-4-3-15-31-19/h3-8,15H,2,9-14,16H2,1H3,(H,24,30). The number of benzene rings is 1. The van der Waals surface area contributed by atoms with Gasteiger partial charge in [-0.1, -0.05) is 6.07 Å². The average Bonchev–Trinajstić information content (AvgIpc) is 3.43. The largest absolute Gasteiger partial charge is 0.494 e. The molecule has 1 aliphatic rings. The third-order valence-corrected chi connectivity index (χ3v) is 6.59. The van der Waals surface area contributed by atoms with E-state index in [4.69, 9.17) is 17.0 Å². The molecule has 1 aliphatic heterocycles. The summed E-state index contributed by atoms with van der Waals surface area (Å²) in [6.07, 6.45) is 0.406. The lowest BCUT2D eigenvalue weighted by Crippen LogP contribution is -2.48. The summed E-state index contributed by atoms with van der Waals surface area (Å²) in [6, 6.07) is 12.0. The summed E-state index contributed by atoms with van der Waals surface area (Å²) in [4.78, 5) is 18.6. The monoisotopic (exact) mass is 457 g/mol. The predicted molar refractivity (Wildman–Crippen MR) is 125 cm³/mol. The third-order valence-electron chi connectivity index (χ3n) is 5.42. The van der Waals surface area contributed by atoms with Gasteiger partial charge in [-0.2, -0.15) is 5.10 Å². The van der Waals surface area contributed by atoms with Crippen LogP contribution in [0.5, 0.6) is 5.75 Å². The Kier molecular flexibility index (Phi) is 7.16. The number of ether oxygens (including phenoxy) is 1. The fourth-order valence-electron chi connectivity index (χ4n) is 3.76. The van der Waals surface area contributed by atoms with Crippen LogP contribution in [0.3, 0.4) is 0 Å². The molecule has 2 aromatic heterocycles. The van der Waals surface area contributed by atoms with Crippen LogP contribution in [0.4, 0.5) is 0 Å². The zero-order valence-electron chi connectivity index (χ0n) is 17.6. The number of thiophene rings is 1. The zero-order valence-corrected chi connectivity index (χ0v) is 19.3. The zero-order chi connectivity index (χ0) is 21.6. The average molecular weight is 458 g/mol. The summed E-state index contributed by atoms with van der Waals surface area (Å²) < 4.78 is 7.93. The molecule has 0 radical (unpaired) electrons. The van der Waals surface area contributed by atoms with Gasteiger partial charge in [0.15, 0.2) is 10.6 Å². The van der Waals surface area contributed by atoms with Gasteiger partial charge in [0.1, 0.15) is 5.75 Å². The number of hydrogen-bond acceptors (Lipinski definition) is 6. The molecule has 0 bridgehead atoms. The molecule has 3 aromatic rings. The first-order valence-electron chi connectivity index (χ1n) is 10.5. The Morgan fingerprint density at radius 1 is 1.19 bits per heavy atom. The van der Waals surface area contributed by atoms with E-state index in [9.17, 15) is 4.79 Å². The van der Waals surface area contributed by atoms with Gasteiger partial charge in [0.05, 0.1) is 6.61 Å². The van der Waals surface area contributed by atoms with E-state index >= 15 is 0 Å². The highest BCUT2D eigenvalue weighted by atomic mass is 32.1. The number of H-pyrrole nitrogens is 1. The summed E-state index contributed by atoms with van der Waals surface area (Å²) in [7, 11) is 0. The molecule has 3 heterocycles. The van der Waals surface area contributed by atoms with E-state index in [2.05, 4.69) is 32.6 Å². The molecule has 0 spiro atoms. The van der Waals surface area contributed by atoms with Crippen molar-refractivity contribution in [1.82, 2.24) is 24.6 Å². The highest BCUT2D eigenvalue weighted by Gasteiger charge is 2.21. The molecule has 1 amide bonds. The Hall–Kier alpha value is -2.49. The quantitative estimate of drug-likeness (QED) is 0.521. The minimum Gasteiger partial charge on any atom is -0.494 e. The van der Waals surface area contributed by atoms with Crippen molar-refractivity contribution in [2.24, 2.45) is 0 Å². The van der Waals surface area contributed by atoms with E-state index in [1.807, 2.05) is 40.7 Å². The van der Waals surface area contributed by atoms with Crippen LogP contribution in [0, 0.1) is 4.77 Å². The molecule has 0 atom stereocenters. The maximum atomic E-state index is 12.8. The van der Waals surface area contributed by atoms with E-state index in [1.165, 1.54) is 4.88 Å². The molecule has 4 rings (SSSR count). The Balaban J connectivity index is 1.33. The van der Waals surface area contributed by atoms with E-state index < -0.39 is 0 Å². The number of aromatic nitrogens is 3. The molecule has 1 fully saturated rings. The van der Waals surface area contributed by atoms with Crippen LogP contribution >= 0.6 is 23.6 Å². The molecule has 1 N–H and O–H groups in total. The number of nitrogens with zero attached hydrogens (tertiary/aromatic N) is 4. The number of nitrogens with one attached hydrogen (secondary N) is 1. The van der Waals surface area contributed by atoms with Crippen LogP contribution < -0.4 is 4.74 Å². The van der Waals surface area contributed by atoms with Gasteiger partial charge in [-0.3, -0.25) is 19.4 Å². The Labute approximate surface area is 191 Å². The van der Waals surface area contributed by atoms with Gasteiger partial charge >= 0.3 is 0 Å². The summed E-state index contributed by atoms with van der Waals surface area (Å²) in [5.74, 6) is 1.72. The summed E-state index contributed by atoms with van der Waals surface area (Å²) in [5.41, 5.74) is 0.936. The summed E-state index contributed by atoms with van der Waals surface area (Å²) in [6.45, 7) is 7.42. The van der Waals surface area contributed by atoms with Crippen LogP contribution in [-0.2, 0) is 17.9 Å². The van der Waals surface area contributed by atoms with Crippen molar-refractivity contribution in [2.75, 3.05) is 32.8 Å². The first kappa shape index (κ1) is 21.7. The van der Waals surface area contributed by atoms with Crippen molar-refractivity contribution in [2.45, 2.75) is 26.4 Å². The smallest absolute Gasteiger partial charge is 0.224 e. The molecule has 0 aliphatic carbocycles. The highest BCUT2D eigenvalue weighted by molar-refractivity contribution is 7.71. The third kappa shape index (κ3) is 5.41. The van der Waals surface area contributed by atoms with Crippen molar-refractivity contribution >= 4 is 29.5 Å². The molecular weight excluding hydrogens is 430 g/mol. The Bertz CT molecular complexity index is 1030. The normalized spacial score (nSPS) is 14.7. The minimum absolute atomic E-state index is 0.163. The molecule has 0 saturated carbocycles.